The molecule has 0 radical (unpaired) electrons. The van der Waals surface area contributed by atoms with Crippen molar-refractivity contribution in [2.45, 2.75) is 26.9 Å². The lowest BCUT2D eigenvalue weighted by Crippen LogP contribution is -2.39. The highest BCUT2D eigenvalue weighted by Gasteiger charge is 2.25. The highest BCUT2D eigenvalue weighted by Crippen LogP contribution is 2.34. The van der Waals surface area contributed by atoms with E-state index in [1.807, 2.05) is 45.0 Å². The van der Waals surface area contributed by atoms with E-state index in [9.17, 15) is 8.78 Å². The third-order valence-electron chi connectivity index (χ3n) is 6.11. The number of aromatic nitrogens is 3. The smallest absolute Gasteiger partial charge is 0.135 e. The van der Waals surface area contributed by atoms with Crippen molar-refractivity contribution < 1.29 is 13.5 Å². The van der Waals surface area contributed by atoms with Crippen molar-refractivity contribution in [3.63, 3.8) is 0 Å². The molecule has 1 saturated heterocycles. The predicted octanol–water partition coefficient (Wildman–Crippen LogP) is 5.47. The molecule has 3 aromatic heterocycles. The fraction of sp³-hybridized carbons (Fsp3) is 0.269. The van der Waals surface area contributed by atoms with Gasteiger partial charge in [0.2, 0.25) is 0 Å². The highest BCUT2D eigenvalue weighted by molar-refractivity contribution is 5.95. The number of rotatable bonds is 3. The molecule has 0 bridgehead atoms. The Labute approximate surface area is 191 Å². The van der Waals surface area contributed by atoms with Crippen molar-refractivity contribution in [2.75, 3.05) is 24.6 Å². The largest absolute Gasteiger partial charge is 0.370 e. The van der Waals surface area contributed by atoms with E-state index in [0.29, 0.717) is 31.2 Å². The third-order valence-corrected chi connectivity index (χ3v) is 6.11. The first kappa shape index (κ1) is 21.4. The van der Waals surface area contributed by atoms with Gasteiger partial charge in [-0.3, -0.25) is 9.97 Å². The van der Waals surface area contributed by atoms with Crippen molar-refractivity contribution in [1.82, 2.24) is 15.0 Å². The lowest BCUT2D eigenvalue weighted by Gasteiger charge is -2.34. The van der Waals surface area contributed by atoms with Gasteiger partial charge in [-0.1, -0.05) is 0 Å². The summed E-state index contributed by atoms with van der Waals surface area (Å²) in [5.74, 6) is -0.576. The second-order valence-corrected chi connectivity index (χ2v) is 8.45. The van der Waals surface area contributed by atoms with Crippen LogP contribution in [-0.4, -0.2) is 34.6 Å². The average Bonchev–Trinajstić information content (AvgIpc) is 2.80. The Balaban J connectivity index is 1.62. The lowest BCUT2D eigenvalue weighted by atomic mass is 10.0. The van der Waals surface area contributed by atoms with E-state index in [1.165, 1.54) is 12.1 Å². The Morgan fingerprint density at radius 1 is 1.00 bits per heavy atom. The SMILES string of the molecule is Cc1cc(C2CN(c3cc4nc(C)c(C)cc4c(-c4ccc(F)cc4F)n3)CCO2)ccn1. The number of pyridine rings is 3. The third kappa shape index (κ3) is 4.16. The maximum atomic E-state index is 14.8. The van der Waals surface area contributed by atoms with Gasteiger partial charge in [0.05, 0.1) is 17.8 Å². The van der Waals surface area contributed by atoms with E-state index in [4.69, 9.17) is 14.7 Å². The van der Waals surface area contributed by atoms with Crippen molar-refractivity contribution in [2.24, 2.45) is 0 Å². The maximum Gasteiger partial charge on any atom is 0.135 e. The number of morpholine rings is 1. The molecule has 0 N–H and O–H groups in total. The fourth-order valence-corrected chi connectivity index (χ4v) is 4.23. The van der Waals surface area contributed by atoms with Gasteiger partial charge < -0.3 is 9.64 Å². The summed E-state index contributed by atoms with van der Waals surface area (Å²) in [5.41, 5.74) is 5.31. The van der Waals surface area contributed by atoms with Crippen LogP contribution in [0.4, 0.5) is 14.6 Å². The van der Waals surface area contributed by atoms with Crippen LogP contribution in [0.3, 0.4) is 0 Å². The summed E-state index contributed by atoms with van der Waals surface area (Å²) in [5, 5.41) is 0.738. The van der Waals surface area contributed by atoms with Crippen molar-refractivity contribution in [3.05, 3.63) is 82.8 Å². The molecule has 0 spiro atoms. The predicted molar refractivity (Wildman–Crippen MR) is 124 cm³/mol. The molecule has 1 unspecified atom stereocenters. The van der Waals surface area contributed by atoms with Crippen LogP contribution < -0.4 is 4.90 Å². The van der Waals surface area contributed by atoms with Crippen molar-refractivity contribution in [1.29, 1.82) is 0 Å². The second-order valence-electron chi connectivity index (χ2n) is 8.45. The van der Waals surface area contributed by atoms with Crippen LogP contribution in [0, 0.1) is 32.4 Å². The summed E-state index contributed by atoms with van der Waals surface area (Å²) < 4.78 is 34.4. The number of nitrogens with zero attached hydrogens (tertiary/aromatic N) is 4. The van der Waals surface area contributed by atoms with E-state index < -0.39 is 11.6 Å². The molecule has 1 aromatic carbocycles. The second kappa shape index (κ2) is 8.48. The zero-order valence-electron chi connectivity index (χ0n) is 18.8. The van der Waals surface area contributed by atoms with E-state index in [1.54, 1.807) is 6.20 Å². The summed E-state index contributed by atoms with van der Waals surface area (Å²) in [7, 11) is 0. The van der Waals surface area contributed by atoms with Gasteiger partial charge in [-0.25, -0.2) is 13.8 Å². The number of hydrogen-bond donors (Lipinski definition) is 0. The molecule has 5 nitrogen and oxygen atoms in total. The van der Waals surface area contributed by atoms with Crippen molar-refractivity contribution in [3.8, 4) is 11.3 Å². The minimum absolute atomic E-state index is 0.128. The molecule has 4 heterocycles. The van der Waals surface area contributed by atoms with Crippen LogP contribution in [0.2, 0.25) is 0 Å². The topological polar surface area (TPSA) is 51.1 Å². The van der Waals surface area contributed by atoms with E-state index >= 15 is 0 Å². The molecule has 1 fully saturated rings. The normalized spacial score (nSPS) is 16.4. The quantitative estimate of drug-likeness (QED) is 0.418. The van der Waals surface area contributed by atoms with Gasteiger partial charge in [-0.2, -0.15) is 0 Å². The minimum Gasteiger partial charge on any atom is -0.370 e. The number of ether oxygens (including phenoxy) is 1. The summed E-state index contributed by atoms with van der Waals surface area (Å²) in [6.45, 7) is 7.64. The van der Waals surface area contributed by atoms with E-state index in [-0.39, 0.29) is 11.7 Å². The zero-order valence-corrected chi connectivity index (χ0v) is 18.8. The molecule has 1 aliphatic heterocycles. The lowest BCUT2D eigenvalue weighted by molar-refractivity contribution is 0.0394. The van der Waals surface area contributed by atoms with Crippen LogP contribution in [-0.2, 0) is 4.74 Å². The van der Waals surface area contributed by atoms with Gasteiger partial charge >= 0.3 is 0 Å². The number of anilines is 1. The summed E-state index contributed by atoms with van der Waals surface area (Å²) >= 11 is 0. The molecule has 0 saturated carbocycles. The van der Waals surface area contributed by atoms with Crippen LogP contribution in [0.15, 0.2) is 48.7 Å². The van der Waals surface area contributed by atoms with E-state index in [2.05, 4.69) is 9.88 Å². The Bertz CT molecular complexity index is 1360. The number of benzene rings is 1. The average molecular weight is 447 g/mol. The number of hydrogen-bond acceptors (Lipinski definition) is 5. The van der Waals surface area contributed by atoms with Crippen LogP contribution >= 0.6 is 0 Å². The molecule has 5 rings (SSSR count). The molecule has 33 heavy (non-hydrogen) atoms. The molecule has 4 aromatic rings. The summed E-state index contributed by atoms with van der Waals surface area (Å²) in [4.78, 5) is 16.0. The molecule has 1 atom stereocenters. The first-order valence-corrected chi connectivity index (χ1v) is 10.9. The number of fused-ring (bicyclic) bond motifs is 1. The molecule has 0 aliphatic carbocycles. The summed E-state index contributed by atoms with van der Waals surface area (Å²) in [6.07, 6.45) is 1.66. The van der Waals surface area contributed by atoms with Crippen LogP contribution in [0.25, 0.3) is 22.2 Å². The number of aryl methyl sites for hydroxylation is 3. The van der Waals surface area contributed by atoms with Gasteiger partial charge in [0.15, 0.2) is 0 Å². The standard InChI is InChI=1S/C26H24F2N4O/c1-15-10-21-23(30-17(15)3)13-25(31-26(21)20-5-4-19(27)12-22(20)28)32-8-9-33-24(14-32)18-6-7-29-16(2)11-18/h4-7,10-13,24H,8-9,14H2,1-3H3. The Morgan fingerprint density at radius 2 is 1.85 bits per heavy atom. The zero-order chi connectivity index (χ0) is 23.1. The first-order valence-electron chi connectivity index (χ1n) is 10.9. The monoisotopic (exact) mass is 446 g/mol. The van der Waals surface area contributed by atoms with Gasteiger partial charge in [0.1, 0.15) is 23.6 Å². The minimum atomic E-state index is -0.647. The Kier molecular flexibility index (Phi) is 5.50. The molecular weight excluding hydrogens is 422 g/mol. The fourth-order valence-electron chi connectivity index (χ4n) is 4.23. The Hall–Kier alpha value is -3.45. The maximum absolute atomic E-state index is 14.8. The van der Waals surface area contributed by atoms with Crippen molar-refractivity contribution >= 4 is 16.7 Å². The van der Waals surface area contributed by atoms with E-state index in [0.717, 1.165) is 39.5 Å². The number of halogens is 2. The summed E-state index contributed by atoms with van der Waals surface area (Å²) in [6, 6.07) is 11.5. The molecule has 7 heteroatoms. The van der Waals surface area contributed by atoms with Gasteiger partial charge in [-0.05, 0) is 62.2 Å². The molecule has 1 aliphatic rings. The van der Waals surface area contributed by atoms with Crippen LogP contribution in [0.5, 0.6) is 0 Å². The first-order chi connectivity index (χ1) is 15.9. The van der Waals surface area contributed by atoms with Gasteiger partial charge in [-0.15, -0.1) is 0 Å². The Morgan fingerprint density at radius 3 is 2.64 bits per heavy atom. The van der Waals surface area contributed by atoms with Gasteiger partial charge in [0, 0.05) is 53.8 Å². The molecule has 168 valence electrons. The van der Waals surface area contributed by atoms with Gasteiger partial charge in [0.25, 0.3) is 0 Å². The highest BCUT2D eigenvalue weighted by atomic mass is 19.1. The molecular formula is C26H24F2N4O. The molecule has 0 amide bonds. The van der Waals surface area contributed by atoms with Crippen LogP contribution in [0.1, 0.15) is 28.6 Å².